The van der Waals surface area contributed by atoms with Crippen molar-refractivity contribution in [2.45, 2.75) is 18.5 Å². The number of hydrogen-bond acceptors (Lipinski definition) is 9. The average molecular weight is 737 g/mol. The third-order valence-corrected chi connectivity index (χ3v) is 8.27. The van der Waals surface area contributed by atoms with Crippen molar-refractivity contribution < 1.29 is 51.2 Å². The van der Waals surface area contributed by atoms with Crippen LogP contribution in [0.4, 0.5) is 29.3 Å². The van der Waals surface area contributed by atoms with Crippen molar-refractivity contribution in [1.82, 2.24) is 5.32 Å². The molecule has 0 unspecified atom stereocenters. The van der Waals surface area contributed by atoms with Gasteiger partial charge in [0.15, 0.2) is 0 Å². The minimum Gasteiger partial charge on any atom is -0.460 e. The molecular formula is C40H43F3N2O8. The maximum absolute atomic E-state index is 13.1. The Labute approximate surface area is 306 Å². The standard InChI is InChI=1S/C40H43F3N2O8/c41-40(42,43)29-9-7-10-30(27-29)45-37-16-6-5-15-35(37)38(46)52-26-25-51-24-23-50-22-21-49-20-19-48-18-8-17-44-39(47)53-28-36-33-13-3-1-11-31(33)32-12-2-4-14-34(32)36/h1-7,9-16,27,36,45H,8,17-26,28H2,(H,44,47). The number of alkyl halides is 3. The fourth-order valence-electron chi connectivity index (χ4n) is 5.75. The Bertz CT molecular complexity index is 1720. The van der Waals surface area contributed by atoms with E-state index < -0.39 is 23.8 Å². The van der Waals surface area contributed by atoms with Gasteiger partial charge in [-0.15, -0.1) is 0 Å². The monoisotopic (exact) mass is 736 g/mol. The van der Waals surface area contributed by atoms with Crippen LogP contribution in [0.3, 0.4) is 0 Å². The lowest BCUT2D eigenvalue weighted by Crippen LogP contribution is -2.27. The molecule has 0 bridgehead atoms. The smallest absolute Gasteiger partial charge is 0.416 e. The highest BCUT2D eigenvalue weighted by Gasteiger charge is 2.31. The number of benzene rings is 4. The second kappa shape index (κ2) is 20.3. The summed E-state index contributed by atoms with van der Waals surface area (Å²) in [7, 11) is 0. The first kappa shape index (κ1) is 39.3. The van der Waals surface area contributed by atoms with Crippen LogP contribution in [0, 0.1) is 0 Å². The zero-order valence-electron chi connectivity index (χ0n) is 29.2. The molecule has 10 nitrogen and oxygen atoms in total. The molecule has 0 spiro atoms. The number of ether oxygens (including phenoxy) is 6. The van der Waals surface area contributed by atoms with E-state index in [1.54, 1.807) is 18.2 Å². The predicted octanol–water partition coefficient (Wildman–Crippen LogP) is 7.60. The van der Waals surface area contributed by atoms with Crippen molar-refractivity contribution in [2.75, 3.05) is 77.9 Å². The Balaban J connectivity index is 0.819. The molecule has 5 rings (SSSR count). The molecule has 1 aliphatic carbocycles. The van der Waals surface area contributed by atoms with Crippen LogP contribution in [0.1, 0.15) is 39.4 Å². The third kappa shape index (κ3) is 12.0. The highest BCUT2D eigenvalue weighted by molar-refractivity contribution is 5.96. The lowest BCUT2D eigenvalue weighted by molar-refractivity contribution is -0.137. The molecule has 0 fully saturated rings. The van der Waals surface area contributed by atoms with Crippen molar-refractivity contribution >= 4 is 23.4 Å². The molecule has 0 saturated heterocycles. The van der Waals surface area contributed by atoms with Gasteiger partial charge in [0.1, 0.15) is 13.2 Å². The number of nitrogens with one attached hydrogen (secondary N) is 2. The highest BCUT2D eigenvalue weighted by atomic mass is 19.4. The van der Waals surface area contributed by atoms with Crippen molar-refractivity contribution in [3.8, 4) is 11.1 Å². The Morgan fingerprint density at radius 2 is 1.19 bits per heavy atom. The molecule has 53 heavy (non-hydrogen) atoms. The van der Waals surface area contributed by atoms with Crippen LogP contribution in [0.15, 0.2) is 97.1 Å². The van der Waals surface area contributed by atoms with Gasteiger partial charge in [-0.05, 0) is 59.0 Å². The molecule has 1 amide bonds. The minimum absolute atomic E-state index is 0.00863. The van der Waals surface area contributed by atoms with Gasteiger partial charge in [-0.1, -0.05) is 66.7 Å². The van der Waals surface area contributed by atoms with Crippen molar-refractivity contribution in [3.05, 3.63) is 119 Å². The Morgan fingerprint density at radius 3 is 1.83 bits per heavy atom. The molecule has 0 heterocycles. The number of esters is 1. The lowest BCUT2D eigenvalue weighted by Gasteiger charge is -2.14. The number of carbonyl (C=O) groups excluding carboxylic acids is 2. The van der Waals surface area contributed by atoms with Crippen molar-refractivity contribution in [2.24, 2.45) is 0 Å². The van der Waals surface area contributed by atoms with Crippen LogP contribution in [-0.2, 0) is 34.6 Å². The van der Waals surface area contributed by atoms with E-state index in [0.29, 0.717) is 64.9 Å². The van der Waals surface area contributed by atoms with Gasteiger partial charge < -0.3 is 39.1 Å². The second-order valence-electron chi connectivity index (χ2n) is 11.9. The number of halogens is 3. The van der Waals surface area contributed by atoms with Gasteiger partial charge in [0.25, 0.3) is 0 Å². The van der Waals surface area contributed by atoms with E-state index in [2.05, 4.69) is 34.9 Å². The summed E-state index contributed by atoms with van der Waals surface area (Å²) >= 11 is 0. The number of anilines is 2. The first-order chi connectivity index (χ1) is 25.8. The summed E-state index contributed by atoms with van der Waals surface area (Å²) in [5.74, 6) is -0.611. The zero-order valence-corrected chi connectivity index (χ0v) is 29.2. The number of carbonyl (C=O) groups is 2. The van der Waals surface area contributed by atoms with Crippen molar-refractivity contribution in [1.29, 1.82) is 0 Å². The Morgan fingerprint density at radius 1 is 0.623 bits per heavy atom. The van der Waals surface area contributed by atoms with Crippen LogP contribution < -0.4 is 10.6 Å². The summed E-state index contributed by atoms with van der Waals surface area (Å²) in [6, 6.07) is 27.5. The normalized spacial score (nSPS) is 12.2. The highest BCUT2D eigenvalue weighted by Crippen LogP contribution is 2.44. The van der Waals surface area contributed by atoms with Gasteiger partial charge in [0.2, 0.25) is 0 Å². The number of hydrogen-bond donors (Lipinski definition) is 2. The average Bonchev–Trinajstić information content (AvgIpc) is 3.48. The summed E-state index contributed by atoms with van der Waals surface area (Å²) in [6.07, 6.45) is -4.29. The van der Waals surface area contributed by atoms with Gasteiger partial charge in [-0.3, -0.25) is 0 Å². The first-order valence-corrected chi connectivity index (χ1v) is 17.4. The molecule has 0 aromatic heterocycles. The SMILES string of the molecule is O=C(NCCCOCCOCCOCCOCCOC(=O)c1ccccc1Nc1cccc(C(F)(F)F)c1)OCC1c2ccccc2-c2ccccc21. The number of para-hydroxylation sites is 1. The number of alkyl carbamates (subject to hydrolysis) is 1. The quantitative estimate of drug-likeness (QED) is 0.0660. The van der Waals surface area contributed by atoms with E-state index in [1.165, 1.54) is 40.5 Å². The molecule has 0 atom stereocenters. The molecule has 0 aliphatic heterocycles. The van der Waals surface area contributed by atoms with Gasteiger partial charge in [0.05, 0.1) is 63.1 Å². The number of rotatable bonds is 21. The maximum Gasteiger partial charge on any atom is 0.416 e. The van der Waals surface area contributed by atoms with Crippen LogP contribution in [0.5, 0.6) is 0 Å². The van der Waals surface area contributed by atoms with Gasteiger partial charge in [0, 0.05) is 24.8 Å². The molecule has 13 heteroatoms. The third-order valence-electron chi connectivity index (χ3n) is 8.27. The zero-order chi connectivity index (χ0) is 37.3. The van der Waals surface area contributed by atoms with Crippen molar-refractivity contribution in [3.63, 3.8) is 0 Å². The molecule has 4 aromatic carbocycles. The molecule has 1 aliphatic rings. The van der Waals surface area contributed by atoms with E-state index in [1.807, 2.05) is 24.3 Å². The first-order valence-electron chi connectivity index (χ1n) is 17.4. The number of fused-ring (bicyclic) bond motifs is 3. The van der Waals surface area contributed by atoms with E-state index in [-0.39, 0.29) is 37.0 Å². The van der Waals surface area contributed by atoms with Crippen LogP contribution in [-0.4, -0.2) is 84.7 Å². The van der Waals surface area contributed by atoms with Gasteiger partial charge >= 0.3 is 18.2 Å². The van der Waals surface area contributed by atoms with Crippen LogP contribution in [0.25, 0.3) is 11.1 Å². The van der Waals surface area contributed by atoms with Crippen LogP contribution in [0.2, 0.25) is 0 Å². The van der Waals surface area contributed by atoms with E-state index >= 15 is 0 Å². The second-order valence-corrected chi connectivity index (χ2v) is 11.9. The van der Waals surface area contributed by atoms with Gasteiger partial charge in [-0.25, -0.2) is 9.59 Å². The van der Waals surface area contributed by atoms with E-state index in [9.17, 15) is 22.8 Å². The minimum atomic E-state index is -4.48. The molecule has 282 valence electrons. The van der Waals surface area contributed by atoms with Crippen LogP contribution >= 0.6 is 0 Å². The van der Waals surface area contributed by atoms with E-state index in [4.69, 9.17) is 28.4 Å². The summed E-state index contributed by atoms with van der Waals surface area (Å²) in [5, 5.41) is 5.63. The van der Waals surface area contributed by atoms with Gasteiger partial charge in [-0.2, -0.15) is 13.2 Å². The predicted molar refractivity (Wildman–Crippen MR) is 192 cm³/mol. The molecule has 4 aromatic rings. The Hall–Kier alpha value is -4.95. The fraction of sp³-hybridized carbons (Fsp3) is 0.350. The maximum atomic E-state index is 13.1. The molecular weight excluding hydrogens is 693 g/mol. The fourth-order valence-corrected chi connectivity index (χ4v) is 5.75. The molecule has 0 saturated carbocycles. The topological polar surface area (TPSA) is 114 Å². The summed E-state index contributed by atoms with van der Waals surface area (Å²) < 4.78 is 72.0. The number of amides is 1. The summed E-state index contributed by atoms with van der Waals surface area (Å²) in [5.41, 5.74) is 4.61. The van der Waals surface area contributed by atoms with E-state index in [0.717, 1.165) is 12.1 Å². The largest absolute Gasteiger partial charge is 0.460 e. The summed E-state index contributed by atoms with van der Waals surface area (Å²) in [4.78, 5) is 24.9. The Kier molecular flexibility index (Phi) is 15.1. The molecule has 0 radical (unpaired) electrons. The molecule has 2 N–H and O–H groups in total. The lowest BCUT2D eigenvalue weighted by atomic mass is 9.98. The summed E-state index contributed by atoms with van der Waals surface area (Å²) in [6.45, 7) is 3.52.